The minimum absolute atomic E-state index is 0.946. The van der Waals surface area contributed by atoms with E-state index in [4.69, 9.17) is 4.99 Å². The third kappa shape index (κ3) is 3.88. The zero-order valence-electron chi connectivity index (χ0n) is 17.4. The summed E-state index contributed by atoms with van der Waals surface area (Å²) in [7, 11) is 0. The first-order chi connectivity index (χ1) is 12.8. The molecule has 2 aromatic rings. The quantitative estimate of drug-likeness (QED) is 0.502. The van der Waals surface area contributed by atoms with Crippen LogP contribution >= 0.6 is 0 Å². The van der Waals surface area contributed by atoms with Gasteiger partial charge in [-0.05, 0) is 105 Å². The summed E-state index contributed by atoms with van der Waals surface area (Å²) in [6, 6.07) is 13.4. The number of allylic oxidation sites excluding steroid dienone is 5. The number of benzene rings is 2. The summed E-state index contributed by atoms with van der Waals surface area (Å²) in [5.74, 6) is 0. The van der Waals surface area contributed by atoms with Crippen LogP contribution in [0.25, 0.3) is 16.7 Å². The van der Waals surface area contributed by atoms with Crippen LogP contribution in [-0.2, 0) is 6.42 Å². The Labute approximate surface area is 163 Å². The second-order valence-electron chi connectivity index (χ2n) is 7.69. The number of aryl methyl sites for hydroxylation is 1. The van der Waals surface area contributed by atoms with Crippen LogP contribution in [0.15, 0.2) is 70.8 Å². The second kappa shape index (κ2) is 7.52. The molecular formula is C26H29N. The SMILES string of the molecule is C=C(C)/C(C)=C(/C)c1cc(-c2ccc3c(c2)N=C(C)C(C)=CC3)ccc1C. The summed E-state index contributed by atoms with van der Waals surface area (Å²) in [6.07, 6.45) is 3.21. The van der Waals surface area contributed by atoms with Crippen LogP contribution in [0.2, 0.25) is 0 Å². The van der Waals surface area contributed by atoms with Gasteiger partial charge in [0.25, 0.3) is 0 Å². The maximum atomic E-state index is 4.86. The Balaban J connectivity index is 2.09. The van der Waals surface area contributed by atoms with E-state index < -0.39 is 0 Å². The molecule has 2 aromatic carbocycles. The molecule has 0 amide bonds. The highest BCUT2D eigenvalue weighted by atomic mass is 14.8. The third-order valence-electron chi connectivity index (χ3n) is 5.75. The second-order valence-corrected chi connectivity index (χ2v) is 7.69. The van der Waals surface area contributed by atoms with Gasteiger partial charge in [-0.2, -0.15) is 0 Å². The lowest BCUT2D eigenvalue weighted by Crippen LogP contribution is -1.92. The first-order valence-corrected chi connectivity index (χ1v) is 9.58. The summed E-state index contributed by atoms with van der Waals surface area (Å²) in [4.78, 5) is 4.86. The van der Waals surface area contributed by atoms with E-state index in [1.165, 1.54) is 44.5 Å². The van der Waals surface area contributed by atoms with Gasteiger partial charge in [0.2, 0.25) is 0 Å². The van der Waals surface area contributed by atoms with Crippen LogP contribution in [-0.4, -0.2) is 5.71 Å². The predicted octanol–water partition coefficient (Wildman–Crippen LogP) is 7.63. The van der Waals surface area contributed by atoms with Crippen LogP contribution in [0.4, 0.5) is 5.69 Å². The Morgan fingerprint density at radius 3 is 2.30 bits per heavy atom. The fourth-order valence-electron chi connectivity index (χ4n) is 3.43. The first-order valence-electron chi connectivity index (χ1n) is 9.58. The van der Waals surface area contributed by atoms with Gasteiger partial charge in [-0.25, -0.2) is 0 Å². The molecule has 0 aliphatic carbocycles. The van der Waals surface area contributed by atoms with Crippen molar-refractivity contribution in [1.82, 2.24) is 0 Å². The molecule has 0 radical (unpaired) electrons. The van der Waals surface area contributed by atoms with Crippen LogP contribution in [0, 0.1) is 6.92 Å². The van der Waals surface area contributed by atoms with Crippen LogP contribution in [0.5, 0.6) is 0 Å². The van der Waals surface area contributed by atoms with E-state index in [9.17, 15) is 0 Å². The maximum Gasteiger partial charge on any atom is 0.0674 e. The molecule has 0 saturated carbocycles. The van der Waals surface area contributed by atoms with E-state index >= 15 is 0 Å². The highest BCUT2D eigenvalue weighted by Gasteiger charge is 2.11. The lowest BCUT2D eigenvalue weighted by atomic mass is 9.91. The standard InChI is InChI=1S/C26H29N/c1-16(2)19(5)20(6)25-14-23(11-9-18(25)4)24-13-12-22-10-8-17(3)21(7)27-26(22)15-24/h8-9,11-15H,1,10H2,2-7H3/b20-19-. The monoisotopic (exact) mass is 355 g/mol. The van der Waals surface area contributed by atoms with Gasteiger partial charge < -0.3 is 0 Å². The van der Waals surface area contributed by atoms with Crippen molar-refractivity contribution in [2.45, 2.75) is 48.0 Å². The Hall–Kier alpha value is -2.67. The average Bonchev–Trinajstić information content (AvgIpc) is 2.79. The molecule has 0 unspecified atom stereocenters. The summed E-state index contributed by atoms with van der Waals surface area (Å²) in [5.41, 5.74) is 13.5. The average molecular weight is 356 g/mol. The van der Waals surface area contributed by atoms with Gasteiger partial charge in [-0.15, -0.1) is 0 Å². The van der Waals surface area contributed by atoms with Gasteiger partial charge in [0.05, 0.1) is 5.69 Å². The van der Waals surface area contributed by atoms with Crippen molar-refractivity contribution in [2.24, 2.45) is 4.99 Å². The Morgan fingerprint density at radius 1 is 0.926 bits per heavy atom. The Kier molecular flexibility index (Phi) is 5.32. The van der Waals surface area contributed by atoms with E-state index in [0.717, 1.165) is 23.4 Å². The molecule has 27 heavy (non-hydrogen) atoms. The van der Waals surface area contributed by atoms with E-state index in [-0.39, 0.29) is 0 Å². The molecule has 0 aromatic heterocycles. The van der Waals surface area contributed by atoms with Crippen LogP contribution in [0.3, 0.4) is 0 Å². The largest absolute Gasteiger partial charge is 0.253 e. The highest BCUT2D eigenvalue weighted by Crippen LogP contribution is 2.33. The first kappa shape index (κ1) is 19.1. The van der Waals surface area contributed by atoms with E-state index in [2.05, 4.69) is 90.6 Å². The predicted molar refractivity (Wildman–Crippen MR) is 120 cm³/mol. The number of hydrogen-bond donors (Lipinski definition) is 0. The molecular weight excluding hydrogens is 326 g/mol. The van der Waals surface area contributed by atoms with E-state index in [1.54, 1.807) is 0 Å². The molecule has 0 atom stereocenters. The number of rotatable bonds is 3. The van der Waals surface area contributed by atoms with Crippen molar-refractivity contribution < 1.29 is 0 Å². The smallest absolute Gasteiger partial charge is 0.0674 e. The Bertz CT molecular complexity index is 1010. The lowest BCUT2D eigenvalue weighted by Gasteiger charge is -2.14. The van der Waals surface area contributed by atoms with Gasteiger partial charge in [-0.1, -0.05) is 42.5 Å². The van der Waals surface area contributed by atoms with Crippen molar-refractivity contribution in [3.8, 4) is 11.1 Å². The molecule has 1 heteroatoms. The zero-order chi connectivity index (χ0) is 19.7. The molecule has 3 rings (SSSR count). The van der Waals surface area contributed by atoms with Gasteiger partial charge in [0.1, 0.15) is 0 Å². The van der Waals surface area contributed by atoms with Gasteiger partial charge in [-0.3, -0.25) is 4.99 Å². The molecule has 138 valence electrons. The molecule has 1 aliphatic rings. The van der Waals surface area contributed by atoms with Crippen molar-refractivity contribution in [3.63, 3.8) is 0 Å². The highest BCUT2D eigenvalue weighted by molar-refractivity contribution is 6.00. The molecule has 0 N–H and O–H groups in total. The van der Waals surface area contributed by atoms with Gasteiger partial charge in [0.15, 0.2) is 0 Å². The molecule has 1 nitrogen and oxygen atoms in total. The summed E-state index contributed by atoms with van der Waals surface area (Å²) in [5, 5.41) is 0. The lowest BCUT2D eigenvalue weighted by molar-refractivity contribution is 1.25. The molecule has 0 fully saturated rings. The van der Waals surface area contributed by atoms with Crippen molar-refractivity contribution in [1.29, 1.82) is 0 Å². The normalized spacial score (nSPS) is 14.6. The van der Waals surface area contributed by atoms with Gasteiger partial charge >= 0.3 is 0 Å². The van der Waals surface area contributed by atoms with Gasteiger partial charge in [0, 0.05) is 5.71 Å². The number of aliphatic imine (C=N–C) groups is 1. The summed E-state index contributed by atoms with van der Waals surface area (Å²) < 4.78 is 0. The number of hydrogen-bond acceptors (Lipinski definition) is 1. The minimum atomic E-state index is 0.946. The van der Waals surface area contributed by atoms with Crippen molar-refractivity contribution in [3.05, 3.63) is 82.5 Å². The van der Waals surface area contributed by atoms with Crippen LogP contribution in [0.1, 0.15) is 51.3 Å². The molecule has 0 bridgehead atoms. The number of nitrogens with zero attached hydrogens (tertiary/aromatic N) is 1. The summed E-state index contributed by atoms with van der Waals surface area (Å²) in [6.45, 7) is 16.9. The Morgan fingerprint density at radius 2 is 1.59 bits per heavy atom. The fourth-order valence-corrected chi connectivity index (χ4v) is 3.43. The van der Waals surface area contributed by atoms with Crippen molar-refractivity contribution in [2.75, 3.05) is 0 Å². The molecule has 0 saturated heterocycles. The van der Waals surface area contributed by atoms with Crippen LogP contribution < -0.4 is 0 Å². The molecule has 1 heterocycles. The van der Waals surface area contributed by atoms with E-state index in [1.807, 2.05) is 0 Å². The zero-order valence-corrected chi connectivity index (χ0v) is 17.4. The topological polar surface area (TPSA) is 12.4 Å². The maximum absolute atomic E-state index is 4.86. The van der Waals surface area contributed by atoms with Crippen molar-refractivity contribution >= 4 is 17.0 Å². The molecule has 1 aliphatic heterocycles. The summed E-state index contributed by atoms with van der Waals surface area (Å²) >= 11 is 0. The molecule has 0 spiro atoms. The van der Waals surface area contributed by atoms with E-state index in [0.29, 0.717) is 0 Å². The number of fused-ring (bicyclic) bond motifs is 1. The minimum Gasteiger partial charge on any atom is -0.253 e. The third-order valence-corrected chi connectivity index (χ3v) is 5.75. The fraction of sp³-hybridized carbons (Fsp3) is 0.269.